The molecule has 0 spiro atoms. The summed E-state index contributed by atoms with van der Waals surface area (Å²) in [6.07, 6.45) is 4.59. The second-order valence-electron chi connectivity index (χ2n) is 8.39. The normalized spacial score (nSPS) is 13.2. The van der Waals surface area contributed by atoms with Gasteiger partial charge in [-0.25, -0.2) is 14.4 Å². The Kier molecular flexibility index (Phi) is 8.04. The number of benzene rings is 2. The van der Waals surface area contributed by atoms with Crippen molar-refractivity contribution in [2.45, 2.75) is 25.7 Å². The maximum absolute atomic E-state index is 14.8. The maximum atomic E-state index is 14.8. The predicted molar refractivity (Wildman–Crippen MR) is 130 cm³/mol. The van der Waals surface area contributed by atoms with Crippen molar-refractivity contribution in [3.8, 4) is 5.75 Å². The molecule has 0 atom stereocenters. The van der Waals surface area contributed by atoms with Crippen molar-refractivity contribution >= 4 is 39.9 Å². The van der Waals surface area contributed by atoms with Crippen LogP contribution in [0, 0.1) is 11.7 Å². The van der Waals surface area contributed by atoms with Crippen LogP contribution in [0.4, 0.5) is 21.6 Å². The molecular weight excluding hydrogens is 453 g/mol. The number of nitrogens with one attached hydrogen (secondary N) is 3. The molecule has 1 heterocycles. The second kappa shape index (κ2) is 11.6. The molecule has 2 amide bonds. The molecule has 0 bridgehead atoms. The largest absolute Gasteiger partial charge is 0.491 e. The first-order chi connectivity index (χ1) is 17.0. The molecular formula is C25H28FN5O4. The Morgan fingerprint density at radius 3 is 2.54 bits per heavy atom. The van der Waals surface area contributed by atoms with Gasteiger partial charge in [0.1, 0.15) is 36.7 Å². The van der Waals surface area contributed by atoms with Crippen LogP contribution in [0.3, 0.4) is 0 Å². The Morgan fingerprint density at radius 2 is 1.83 bits per heavy atom. The van der Waals surface area contributed by atoms with E-state index in [9.17, 15) is 14.0 Å². The lowest BCUT2D eigenvalue weighted by Gasteiger charge is -2.25. The van der Waals surface area contributed by atoms with E-state index in [1.54, 1.807) is 37.4 Å². The number of anilines is 3. The molecule has 0 radical (unpaired) electrons. The van der Waals surface area contributed by atoms with Gasteiger partial charge in [0.05, 0.1) is 17.5 Å². The van der Waals surface area contributed by atoms with Crippen LogP contribution in [-0.4, -0.2) is 48.7 Å². The zero-order valence-electron chi connectivity index (χ0n) is 19.5. The smallest absolute Gasteiger partial charge is 0.233 e. The van der Waals surface area contributed by atoms with Crippen LogP contribution >= 0.6 is 0 Å². The molecule has 0 unspecified atom stereocenters. The quantitative estimate of drug-likeness (QED) is 0.282. The molecule has 10 heteroatoms. The van der Waals surface area contributed by atoms with Gasteiger partial charge in [0.15, 0.2) is 0 Å². The number of amides is 2. The molecule has 3 N–H and O–H groups in total. The molecule has 1 saturated carbocycles. The molecule has 3 aromatic rings. The number of aromatic nitrogens is 2. The first-order valence-electron chi connectivity index (χ1n) is 11.5. The van der Waals surface area contributed by atoms with Crippen molar-refractivity contribution in [3.05, 3.63) is 48.5 Å². The lowest BCUT2D eigenvalue weighted by molar-refractivity contribution is -0.127. The number of carbonyl (C=O) groups is 2. The second-order valence-corrected chi connectivity index (χ2v) is 8.39. The molecule has 1 fully saturated rings. The first kappa shape index (κ1) is 24.3. The van der Waals surface area contributed by atoms with Gasteiger partial charge < -0.3 is 25.4 Å². The third kappa shape index (κ3) is 6.63. The molecule has 9 nitrogen and oxygen atoms in total. The third-order valence-electron chi connectivity index (χ3n) is 5.78. The number of nitrogens with zero attached hydrogens (tertiary/aromatic N) is 2. The standard InChI is InChI=1S/C25H28FN5O4/c1-34-9-10-35-19-11-20(26)24-21(12-19)28-15-29-25(24)31-18-7-5-17(6-8-18)30-23(33)13-22(32)27-14-16-3-2-4-16/h5-8,11-12,15-16H,2-4,9-10,13-14H2,1H3,(H,27,32)(H,30,33)(H,28,29,31). The van der Waals surface area contributed by atoms with Crippen molar-refractivity contribution in [2.24, 2.45) is 5.92 Å². The van der Waals surface area contributed by atoms with E-state index in [1.165, 1.54) is 18.8 Å². The van der Waals surface area contributed by atoms with Crippen molar-refractivity contribution in [2.75, 3.05) is 37.5 Å². The number of hydrogen-bond donors (Lipinski definition) is 3. The summed E-state index contributed by atoms with van der Waals surface area (Å²) in [5.41, 5.74) is 1.58. The van der Waals surface area contributed by atoms with Crippen LogP contribution in [0.25, 0.3) is 10.9 Å². The van der Waals surface area contributed by atoms with Crippen LogP contribution < -0.4 is 20.7 Å². The summed E-state index contributed by atoms with van der Waals surface area (Å²) < 4.78 is 25.3. The van der Waals surface area contributed by atoms with E-state index in [1.807, 2.05) is 0 Å². The van der Waals surface area contributed by atoms with E-state index in [0.717, 1.165) is 12.8 Å². The molecule has 2 aromatic carbocycles. The Morgan fingerprint density at radius 1 is 1.06 bits per heavy atom. The molecule has 184 valence electrons. The van der Waals surface area contributed by atoms with Gasteiger partial charge in [0.25, 0.3) is 0 Å². The molecule has 35 heavy (non-hydrogen) atoms. The van der Waals surface area contributed by atoms with E-state index >= 15 is 0 Å². The van der Waals surface area contributed by atoms with Crippen molar-refractivity contribution in [1.29, 1.82) is 0 Å². The number of fused-ring (bicyclic) bond motifs is 1. The molecule has 1 aliphatic rings. The summed E-state index contributed by atoms with van der Waals surface area (Å²) in [5, 5.41) is 8.83. The summed E-state index contributed by atoms with van der Waals surface area (Å²) in [6.45, 7) is 1.32. The Labute approximate surface area is 202 Å². The van der Waals surface area contributed by atoms with E-state index in [0.29, 0.717) is 54.1 Å². The fourth-order valence-electron chi connectivity index (χ4n) is 3.68. The number of ether oxygens (including phenoxy) is 2. The van der Waals surface area contributed by atoms with E-state index < -0.39 is 5.82 Å². The number of carbonyl (C=O) groups excluding carboxylic acids is 2. The van der Waals surface area contributed by atoms with Gasteiger partial charge >= 0.3 is 0 Å². The van der Waals surface area contributed by atoms with Gasteiger partial charge in [-0.3, -0.25) is 9.59 Å². The SMILES string of the molecule is COCCOc1cc(F)c2c(Nc3ccc(NC(=O)CC(=O)NCC4CCC4)cc3)ncnc2c1. The van der Waals surface area contributed by atoms with Crippen LogP contribution in [-0.2, 0) is 14.3 Å². The molecule has 1 aromatic heterocycles. The van der Waals surface area contributed by atoms with Gasteiger partial charge in [-0.05, 0) is 43.0 Å². The fraction of sp³-hybridized carbons (Fsp3) is 0.360. The minimum atomic E-state index is -0.516. The average molecular weight is 482 g/mol. The maximum Gasteiger partial charge on any atom is 0.233 e. The van der Waals surface area contributed by atoms with Crippen LogP contribution in [0.15, 0.2) is 42.7 Å². The Bertz CT molecular complexity index is 1180. The van der Waals surface area contributed by atoms with E-state index in [4.69, 9.17) is 9.47 Å². The van der Waals surface area contributed by atoms with E-state index in [-0.39, 0.29) is 23.6 Å². The van der Waals surface area contributed by atoms with E-state index in [2.05, 4.69) is 25.9 Å². The third-order valence-corrected chi connectivity index (χ3v) is 5.78. The van der Waals surface area contributed by atoms with Crippen molar-refractivity contribution in [1.82, 2.24) is 15.3 Å². The van der Waals surface area contributed by atoms with Gasteiger partial charge in [-0.2, -0.15) is 0 Å². The minimum absolute atomic E-state index is 0.226. The first-order valence-corrected chi connectivity index (χ1v) is 11.5. The summed E-state index contributed by atoms with van der Waals surface area (Å²) in [4.78, 5) is 32.4. The van der Waals surface area contributed by atoms with Gasteiger partial charge in [-0.1, -0.05) is 6.42 Å². The van der Waals surface area contributed by atoms with Crippen molar-refractivity contribution < 1.29 is 23.5 Å². The lowest BCUT2D eigenvalue weighted by atomic mass is 9.85. The fourth-order valence-corrected chi connectivity index (χ4v) is 3.68. The average Bonchev–Trinajstić information content (AvgIpc) is 2.79. The summed E-state index contributed by atoms with van der Waals surface area (Å²) >= 11 is 0. The Balaban J connectivity index is 1.35. The number of methoxy groups -OCH3 is 1. The van der Waals surface area contributed by atoms with Gasteiger partial charge in [-0.15, -0.1) is 0 Å². The highest BCUT2D eigenvalue weighted by Gasteiger charge is 2.19. The zero-order chi connectivity index (χ0) is 24.6. The zero-order valence-corrected chi connectivity index (χ0v) is 19.5. The summed E-state index contributed by atoms with van der Waals surface area (Å²) in [6, 6.07) is 9.75. The van der Waals surface area contributed by atoms with Crippen LogP contribution in [0.2, 0.25) is 0 Å². The number of halogens is 1. The highest BCUT2D eigenvalue weighted by Crippen LogP contribution is 2.29. The van der Waals surface area contributed by atoms with Gasteiger partial charge in [0.2, 0.25) is 11.8 Å². The van der Waals surface area contributed by atoms with Crippen LogP contribution in [0.5, 0.6) is 5.75 Å². The van der Waals surface area contributed by atoms with Crippen molar-refractivity contribution in [3.63, 3.8) is 0 Å². The summed E-state index contributed by atoms with van der Waals surface area (Å²) in [7, 11) is 1.56. The minimum Gasteiger partial charge on any atom is -0.491 e. The summed E-state index contributed by atoms with van der Waals surface area (Å²) in [5.74, 6) is 0.0162. The molecule has 1 aliphatic carbocycles. The van der Waals surface area contributed by atoms with Crippen LogP contribution in [0.1, 0.15) is 25.7 Å². The molecule has 0 saturated heterocycles. The highest BCUT2D eigenvalue weighted by molar-refractivity contribution is 6.03. The lowest BCUT2D eigenvalue weighted by Crippen LogP contribution is -2.34. The van der Waals surface area contributed by atoms with Gasteiger partial charge in [0, 0.05) is 37.2 Å². The molecule has 0 aliphatic heterocycles. The monoisotopic (exact) mass is 481 g/mol. The highest BCUT2D eigenvalue weighted by atomic mass is 19.1. The number of rotatable bonds is 11. The number of hydrogen-bond acceptors (Lipinski definition) is 7. The topological polar surface area (TPSA) is 114 Å². The Hall–Kier alpha value is -3.79. The predicted octanol–water partition coefficient (Wildman–Crippen LogP) is 3.78. The molecule has 4 rings (SSSR count).